The third-order valence-corrected chi connectivity index (χ3v) is 4.94. The smallest absolute Gasteiger partial charge is 0.328 e. The second-order valence-corrected chi connectivity index (χ2v) is 6.99. The van der Waals surface area contributed by atoms with E-state index in [0.717, 1.165) is 25.8 Å². The molecule has 26 heavy (non-hydrogen) atoms. The molecule has 1 aromatic carbocycles. The summed E-state index contributed by atoms with van der Waals surface area (Å²) in [4.78, 5) is 25.4. The van der Waals surface area contributed by atoms with Crippen molar-refractivity contribution in [3.05, 3.63) is 51.9 Å². The van der Waals surface area contributed by atoms with Gasteiger partial charge < -0.3 is 15.9 Å². The van der Waals surface area contributed by atoms with Gasteiger partial charge >= 0.3 is 11.9 Å². The van der Waals surface area contributed by atoms with E-state index in [4.69, 9.17) is 20.9 Å². The number of hydrogen-bond acceptors (Lipinski definition) is 5. The summed E-state index contributed by atoms with van der Waals surface area (Å²) < 4.78 is 0. The molecule has 0 unspecified atom stereocenters. The molecule has 0 saturated carbocycles. The molecule has 1 aromatic heterocycles. The lowest BCUT2D eigenvalue weighted by atomic mass is 10.1. The zero-order valence-corrected chi connectivity index (χ0v) is 15.2. The third kappa shape index (κ3) is 5.79. The van der Waals surface area contributed by atoms with Crippen LogP contribution in [0.1, 0.15) is 34.7 Å². The first kappa shape index (κ1) is 19.8. The fourth-order valence-electron chi connectivity index (χ4n) is 2.66. The largest absolute Gasteiger partial charge is 0.478 e. The Balaban J connectivity index is 0.000000260. The second kappa shape index (κ2) is 9.84. The number of carboxylic acid groups (broad SMARTS) is 2. The van der Waals surface area contributed by atoms with E-state index in [-0.39, 0.29) is 0 Å². The van der Waals surface area contributed by atoms with E-state index >= 15 is 0 Å². The summed E-state index contributed by atoms with van der Waals surface area (Å²) in [7, 11) is 0. The summed E-state index contributed by atoms with van der Waals surface area (Å²) in [5.74, 6) is -2.51. The molecule has 0 bridgehead atoms. The number of nitrogens with zero attached hydrogens (tertiary/aromatic N) is 1. The minimum Gasteiger partial charge on any atom is -0.478 e. The second-order valence-electron chi connectivity index (χ2n) is 5.82. The van der Waals surface area contributed by atoms with Gasteiger partial charge in [-0.3, -0.25) is 0 Å². The van der Waals surface area contributed by atoms with Crippen LogP contribution in [0.25, 0.3) is 11.3 Å². The van der Waals surface area contributed by atoms with Gasteiger partial charge in [-0.15, -0.1) is 11.3 Å². The lowest BCUT2D eigenvalue weighted by Crippen LogP contribution is -1.98. The number of thiazole rings is 1. The molecule has 4 N–H and O–H groups in total. The number of unbranched alkanes of at least 4 members (excludes halogenated alkanes) is 2. The standard InChI is InChI=1S/C15H18N2S.C4H4O4/c16-9-5-1-2-8-14-17-15-12-7-4-3-6-11(12)10-13(15)18-14;5-3(6)1-2-4(7)8/h3-4,6-7H,1-2,5,8-10,16H2;1-2H,(H,5,6)(H,7,8)/b;2-1+. The molecule has 138 valence electrons. The molecule has 0 aliphatic heterocycles. The molecular weight excluding hydrogens is 352 g/mol. The minimum absolute atomic E-state index is 0.558. The highest BCUT2D eigenvalue weighted by molar-refractivity contribution is 7.12. The molecule has 1 aliphatic carbocycles. The van der Waals surface area contributed by atoms with Crippen LogP contribution in [0.4, 0.5) is 0 Å². The lowest BCUT2D eigenvalue weighted by Gasteiger charge is -1.99. The van der Waals surface area contributed by atoms with Gasteiger partial charge in [0.1, 0.15) is 0 Å². The number of aryl methyl sites for hydroxylation is 1. The zero-order valence-electron chi connectivity index (χ0n) is 14.4. The van der Waals surface area contributed by atoms with E-state index in [1.165, 1.54) is 39.5 Å². The maximum Gasteiger partial charge on any atom is 0.328 e. The van der Waals surface area contributed by atoms with Crippen LogP contribution >= 0.6 is 11.3 Å². The number of carbonyl (C=O) groups is 2. The molecule has 6 nitrogen and oxygen atoms in total. The maximum atomic E-state index is 9.55. The first-order valence-corrected chi connectivity index (χ1v) is 9.23. The molecule has 0 spiro atoms. The summed E-state index contributed by atoms with van der Waals surface area (Å²) in [5.41, 5.74) is 9.52. The van der Waals surface area contributed by atoms with Crippen LogP contribution in [-0.2, 0) is 22.4 Å². The van der Waals surface area contributed by atoms with E-state index < -0.39 is 11.9 Å². The fourth-order valence-corrected chi connectivity index (χ4v) is 3.80. The Hall–Kier alpha value is -2.51. The van der Waals surface area contributed by atoms with Crippen LogP contribution in [0.2, 0.25) is 0 Å². The monoisotopic (exact) mass is 374 g/mol. The predicted octanol–water partition coefficient (Wildman–Crippen LogP) is 3.10. The number of aromatic nitrogens is 1. The van der Waals surface area contributed by atoms with Gasteiger partial charge in [-0.2, -0.15) is 0 Å². The minimum atomic E-state index is -1.26. The Kier molecular flexibility index (Phi) is 7.50. The van der Waals surface area contributed by atoms with Crippen molar-refractivity contribution in [3.63, 3.8) is 0 Å². The number of nitrogens with two attached hydrogens (primary N) is 1. The Morgan fingerprint density at radius 1 is 1.12 bits per heavy atom. The number of fused-ring (bicyclic) bond motifs is 3. The highest BCUT2D eigenvalue weighted by atomic mass is 32.1. The molecule has 0 radical (unpaired) electrons. The molecule has 0 saturated heterocycles. The van der Waals surface area contributed by atoms with Crippen LogP contribution in [0.5, 0.6) is 0 Å². The Bertz CT molecular complexity index is 783. The van der Waals surface area contributed by atoms with Crippen molar-refractivity contribution >= 4 is 23.3 Å². The summed E-state index contributed by atoms with van der Waals surface area (Å²) in [6.45, 7) is 0.807. The third-order valence-electron chi connectivity index (χ3n) is 3.83. The van der Waals surface area contributed by atoms with Gasteiger partial charge in [-0.05, 0) is 31.4 Å². The molecule has 7 heteroatoms. The SMILES string of the molecule is NCCCCCc1nc2c(s1)Cc1ccccc1-2.O=C(O)/C=C/C(=O)O. The Morgan fingerprint density at radius 3 is 2.46 bits per heavy atom. The van der Waals surface area contributed by atoms with Crippen LogP contribution in [-0.4, -0.2) is 33.7 Å². The predicted molar refractivity (Wildman–Crippen MR) is 101 cm³/mol. The molecular formula is C19H22N2O4S. The average molecular weight is 374 g/mol. The van der Waals surface area contributed by atoms with Gasteiger partial charge in [0, 0.05) is 29.0 Å². The van der Waals surface area contributed by atoms with Gasteiger partial charge in [-0.1, -0.05) is 30.7 Å². The number of aliphatic carboxylic acids is 2. The molecule has 0 amide bonds. The van der Waals surface area contributed by atoms with Gasteiger partial charge in [-0.25, -0.2) is 14.6 Å². The van der Waals surface area contributed by atoms with Crippen molar-refractivity contribution in [1.82, 2.24) is 4.98 Å². The normalized spacial score (nSPS) is 11.6. The highest BCUT2D eigenvalue weighted by Crippen LogP contribution is 2.39. The zero-order chi connectivity index (χ0) is 18.9. The van der Waals surface area contributed by atoms with Crippen molar-refractivity contribution in [3.8, 4) is 11.3 Å². The van der Waals surface area contributed by atoms with Crippen molar-refractivity contribution < 1.29 is 19.8 Å². The number of carboxylic acids is 2. The maximum absolute atomic E-state index is 9.55. The van der Waals surface area contributed by atoms with E-state index in [0.29, 0.717) is 12.2 Å². The van der Waals surface area contributed by atoms with E-state index in [1.807, 2.05) is 11.3 Å². The molecule has 0 atom stereocenters. The van der Waals surface area contributed by atoms with E-state index in [1.54, 1.807) is 0 Å². The van der Waals surface area contributed by atoms with Crippen LogP contribution in [0.3, 0.4) is 0 Å². The quantitative estimate of drug-likeness (QED) is 0.432. The topological polar surface area (TPSA) is 114 Å². The van der Waals surface area contributed by atoms with Gasteiger partial charge in [0.05, 0.1) is 10.7 Å². The van der Waals surface area contributed by atoms with E-state index in [9.17, 15) is 9.59 Å². The number of benzene rings is 1. The van der Waals surface area contributed by atoms with Crippen molar-refractivity contribution in [1.29, 1.82) is 0 Å². The number of hydrogen-bond donors (Lipinski definition) is 3. The average Bonchev–Trinajstić information content (AvgIpc) is 3.15. The van der Waals surface area contributed by atoms with Crippen molar-refractivity contribution in [2.75, 3.05) is 6.54 Å². The van der Waals surface area contributed by atoms with Gasteiger partial charge in [0.2, 0.25) is 0 Å². The van der Waals surface area contributed by atoms with Crippen molar-refractivity contribution in [2.24, 2.45) is 5.73 Å². The van der Waals surface area contributed by atoms with Crippen molar-refractivity contribution in [2.45, 2.75) is 32.1 Å². The van der Waals surface area contributed by atoms with Crippen LogP contribution in [0, 0.1) is 0 Å². The molecule has 2 aromatic rings. The summed E-state index contributed by atoms with van der Waals surface area (Å²) >= 11 is 1.89. The number of rotatable bonds is 7. The first-order chi connectivity index (χ1) is 12.5. The molecule has 1 aliphatic rings. The summed E-state index contributed by atoms with van der Waals surface area (Å²) in [6.07, 6.45) is 6.87. The summed E-state index contributed by atoms with van der Waals surface area (Å²) in [6, 6.07) is 8.63. The Labute approximate surface area is 156 Å². The van der Waals surface area contributed by atoms with Gasteiger partial charge in [0.25, 0.3) is 0 Å². The highest BCUT2D eigenvalue weighted by Gasteiger charge is 2.22. The van der Waals surface area contributed by atoms with Gasteiger partial charge in [0.15, 0.2) is 0 Å². The van der Waals surface area contributed by atoms with E-state index in [2.05, 4.69) is 24.3 Å². The first-order valence-electron chi connectivity index (χ1n) is 8.42. The molecule has 3 rings (SSSR count). The van der Waals surface area contributed by atoms with Crippen LogP contribution in [0.15, 0.2) is 36.4 Å². The fraction of sp³-hybridized carbons (Fsp3) is 0.316. The molecule has 1 heterocycles. The van der Waals surface area contributed by atoms with Crippen LogP contribution < -0.4 is 5.73 Å². The Morgan fingerprint density at radius 2 is 1.81 bits per heavy atom. The molecule has 0 fully saturated rings. The lowest BCUT2D eigenvalue weighted by molar-refractivity contribution is -0.134. The summed E-state index contributed by atoms with van der Waals surface area (Å²) in [5, 5.41) is 16.9.